The summed E-state index contributed by atoms with van der Waals surface area (Å²) in [7, 11) is 4.61. The fourth-order valence-corrected chi connectivity index (χ4v) is 2.98. The molecule has 148 valence electrons. The highest BCUT2D eigenvalue weighted by Crippen LogP contribution is 2.43. The quantitative estimate of drug-likeness (QED) is 0.526. The highest BCUT2D eigenvalue weighted by molar-refractivity contribution is 5.82. The molecule has 0 aliphatic heterocycles. The second-order valence-electron chi connectivity index (χ2n) is 6.20. The molecule has 0 unspecified atom stereocenters. The van der Waals surface area contributed by atoms with E-state index in [1.807, 2.05) is 6.07 Å². The van der Waals surface area contributed by atoms with E-state index in [9.17, 15) is 4.79 Å². The zero-order valence-corrected chi connectivity index (χ0v) is 16.5. The van der Waals surface area contributed by atoms with Crippen molar-refractivity contribution in [3.8, 4) is 34.3 Å². The average Bonchev–Trinajstić information content (AvgIpc) is 2.74. The standard InChI is InChI=1S/C22H24O6/c1-5-6-11-27-22-19(23)15-9-7-8-10-16(15)28-20(22)14-12-17(24-2)21(26-4)18(13-14)25-3/h7-10,12-13H,5-6,11H2,1-4H3. The molecule has 6 nitrogen and oxygen atoms in total. The first-order valence-electron chi connectivity index (χ1n) is 9.13. The smallest absolute Gasteiger partial charge is 0.235 e. The Labute approximate surface area is 163 Å². The summed E-state index contributed by atoms with van der Waals surface area (Å²) in [4.78, 5) is 13.1. The maximum absolute atomic E-state index is 13.1. The molecule has 3 rings (SSSR count). The Kier molecular flexibility index (Phi) is 6.09. The monoisotopic (exact) mass is 384 g/mol. The number of unbranched alkanes of at least 4 members (excludes halogenated alkanes) is 1. The Morgan fingerprint density at radius 3 is 2.21 bits per heavy atom. The molecule has 6 heteroatoms. The van der Waals surface area contributed by atoms with Crippen molar-refractivity contribution in [2.75, 3.05) is 27.9 Å². The van der Waals surface area contributed by atoms with E-state index in [0.29, 0.717) is 46.1 Å². The van der Waals surface area contributed by atoms with Gasteiger partial charge in [-0.15, -0.1) is 0 Å². The molecule has 1 aromatic heterocycles. The van der Waals surface area contributed by atoms with E-state index in [1.165, 1.54) is 21.3 Å². The molecule has 1 heterocycles. The molecule has 0 atom stereocenters. The van der Waals surface area contributed by atoms with Crippen LogP contribution in [0.3, 0.4) is 0 Å². The highest BCUT2D eigenvalue weighted by atomic mass is 16.5. The van der Waals surface area contributed by atoms with Crippen LogP contribution in [0.2, 0.25) is 0 Å². The van der Waals surface area contributed by atoms with Gasteiger partial charge >= 0.3 is 0 Å². The van der Waals surface area contributed by atoms with Crippen molar-refractivity contribution in [2.24, 2.45) is 0 Å². The second kappa shape index (κ2) is 8.69. The van der Waals surface area contributed by atoms with Crippen LogP contribution in [-0.2, 0) is 0 Å². The number of fused-ring (bicyclic) bond motifs is 1. The summed E-state index contributed by atoms with van der Waals surface area (Å²) in [6.45, 7) is 2.49. The fraction of sp³-hybridized carbons (Fsp3) is 0.318. The van der Waals surface area contributed by atoms with Crippen molar-refractivity contribution < 1.29 is 23.4 Å². The number of para-hydroxylation sites is 1. The highest BCUT2D eigenvalue weighted by Gasteiger charge is 2.21. The van der Waals surface area contributed by atoms with E-state index in [-0.39, 0.29) is 11.2 Å². The van der Waals surface area contributed by atoms with Crippen LogP contribution in [0, 0.1) is 0 Å². The van der Waals surface area contributed by atoms with Gasteiger partial charge in [-0.25, -0.2) is 0 Å². The normalized spacial score (nSPS) is 10.7. The second-order valence-corrected chi connectivity index (χ2v) is 6.20. The van der Waals surface area contributed by atoms with Gasteiger partial charge < -0.3 is 23.4 Å². The molecule has 2 aromatic carbocycles. The third-order valence-corrected chi connectivity index (χ3v) is 4.43. The van der Waals surface area contributed by atoms with Gasteiger partial charge in [0.25, 0.3) is 0 Å². The minimum atomic E-state index is -0.207. The van der Waals surface area contributed by atoms with Gasteiger partial charge in [-0.1, -0.05) is 25.5 Å². The lowest BCUT2D eigenvalue weighted by Crippen LogP contribution is -2.11. The number of hydrogen-bond donors (Lipinski definition) is 0. The lowest BCUT2D eigenvalue weighted by atomic mass is 10.1. The van der Waals surface area contributed by atoms with Gasteiger partial charge in [0.2, 0.25) is 16.9 Å². The molecule has 28 heavy (non-hydrogen) atoms. The zero-order chi connectivity index (χ0) is 20.1. The van der Waals surface area contributed by atoms with Crippen LogP contribution in [0.1, 0.15) is 19.8 Å². The summed E-state index contributed by atoms with van der Waals surface area (Å²) >= 11 is 0. The third-order valence-electron chi connectivity index (χ3n) is 4.43. The van der Waals surface area contributed by atoms with E-state index in [0.717, 1.165) is 12.8 Å². The summed E-state index contributed by atoms with van der Waals surface area (Å²) in [5.74, 6) is 1.91. The number of rotatable bonds is 8. The van der Waals surface area contributed by atoms with Gasteiger partial charge in [-0.3, -0.25) is 4.79 Å². The van der Waals surface area contributed by atoms with Crippen molar-refractivity contribution in [1.29, 1.82) is 0 Å². The fourth-order valence-electron chi connectivity index (χ4n) is 2.98. The van der Waals surface area contributed by atoms with Gasteiger partial charge in [0, 0.05) is 5.56 Å². The van der Waals surface area contributed by atoms with Crippen LogP contribution in [-0.4, -0.2) is 27.9 Å². The number of hydrogen-bond acceptors (Lipinski definition) is 6. The van der Waals surface area contributed by atoms with Crippen LogP contribution in [0.5, 0.6) is 23.0 Å². The van der Waals surface area contributed by atoms with E-state index in [4.69, 9.17) is 23.4 Å². The Morgan fingerprint density at radius 1 is 0.929 bits per heavy atom. The first-order chi connectivity index (χ1) is 13.6. The van der Waals surface area contributed by atoms with Crippen molar-refractivity contribution in [2.45, 2.75) is 19.8 Å². The lowest BCUT2D eigenvalue weighted by molar-refractivity contribution is 0.301. The van der Waals surface area contributed by atoms with Crippen molar-refractivity contribution >= 4 is 11.0 Å². The molecule has 0 saturated carbocycles. The molecule has 0 amide bonds. The van der Waals surface area contributed by atoms with Gasteiger partial charge in [0.1, 0.15) is 5.58 Å². The first kappa shape index (κ1) is 19.6. The molecule has 3 aromatic rings. The largest absolute Gasteiger partial charge is 0.493 e. The van der Waals surface area contributed by atoms with Crippen LogP contribution in [0.25, 0.3) is 22.3 Å². The molecule has 0 bridgehead atoms. The summed E-state index contributed by atoms with van der Waals surface area (Å²) < 4.78 is 28.2. The van der Waals surface area contributed by atoms with Gasteiger partial charge in [-0.05, 0) is 30.7 Å². The zero-order valence-electron chi connectivity index (χ0n) is 16.5. The number of methoxy groups -OCH3 is 3. The Hall–Kier alpha value is -3.15. The summed E-state index contributed by atoms with van der Waals surface area (Å²) in [5, 5.41) is 0.477. The molecular weight excluding hydrogens is 360 g/mol. The predicted octanol–water partition coefficient (Wildman–Crippen LogP) is 4.66. The van der Waals surface area contributed by atoms with E-state index in [2.05, 4.69) is 6.92 Å². The Morgan fingerprint density at radius 2 is 1.61 bits per heavy atom. The van der Waals surface area contributed by atoms with Crippen LogP contribution in [0.15, 0.2) is 45.6 Å². The maximum atomic E-state index is 13.1. The summed E-state index contributed by atoms with van der Waals surface area (Å²) in [6, 6.07) is 10.6. The van der Waals surface area contributed by atoms with E-state index in [1.54, 1.807) is 30.3 Å². The number of benzene rings is 2. The van der Waals surface area contributed by atoms with Crippen LogP contribution in [0.4, 0.5) is 0 Å². The molecular formula is C22H24O6. The predicted molar refractivity (Wildman–Crippen MR) is 108 cm³/mol. The Balaban J connectivity index is 2.26. The molecule has 0 aliphatic carbocycles. The maximum Gasteiger partial charge on any atom is 0.235 e. The molecule has 0 fully saturated rings. The lowest BCUT2D eigenvalue weighted by Gasteiger charge is -2.16. The number of ether oxygens (including phenoxy) is 4. The summed E-state index contributed by atoms with van der Waals surface area (Å²) in [5.41, 5.74) is 0.879. The Bertz CT molecular complexity index is 996. The molecule has 0 aliphatic rings. The van der Waals surface area contributed by atoms with Crippen LogP contribution >= 0.6 is 0 Å². The summed E-state index contributed by atoms with van der Waals surface area (Å²) in [6.07, 6.45) is 1.79. The first-order valence-corrected chi connectivity index (χ1v) is 9.13. The third kappa shape index (κ3) is 3.63. The minimum Gasteiger partial charge on any atom is -0.493 e. The molecule has 0 saturated heterocycles. The van der Waals surface area contributed by atoms with Crippen molar-refractivity contribution in [1.82, 2.24) is 0 Å². The van der Waals surface area contributed by atoms with E-state index >= 15 is 0 Å². The van der Waals surface area contributed by atoms with Gasteiger partial charge in [0.15, 0.2) is 17.3 Å². The van der Waals surface area contributed by atoms with Crippen LogP contribution < -0.4 is 24.4 Å². The van der Waals surface area contributed by atoms with Gasteiger partial charge in [-0.2, -0.15) is 0 Å². The van der Waals surface area contributed by atoms with Crippen molar-refractivity contribution in [3.63, 3.8) is 0 Å². The molecule has 0 radical (unpaired) electrons. The van der Waals surface area contributed by atoms with Gasteiger partial charge in [0.05, 0.1) is 33.3 Å². The SMILES string of the molecule is CCCCOc1c(-c2cc(OC)c(OC)c(OC)c2)oc2ccccc2c1=O. The molecule has 0 spiro atoms. The minimum absolute atomic E-state index is 0.182. The average molecular weight is 384 g/mol. The van der Waals surface area contributed by atoms with E-state index < -0.39 is 0 Å². The van der Waals surface area contributed by atoms with Crippen molar-refractivity contribution in [3.05, 3.63) is 46.6 Å². The topological polar surface area (TPSA) is 67.1 Å². The molecule has 0 N–H and O–H groups in total.